The molecule has 0 fully saturated rings. The Labute approximate surface area is 101 Å². The van der Waals surface area contributed by atoms with Crippen LogP contribution in [0.1, 0.15) is 16.8 Å². The molecule has 0 saturated heterocycles. The number of ketones is 1. The topological polar surface area (TPSA) is 35.5 Å². The van der Waals surface area contributed by atoms with Crippen LogP contribution in [0.3, 0.4) is 0 Å². The van der Waals surface area contributed by atoms with Crippen LogP contribution in [0.2, 0.25) is 5.02 Å². The first-order valence-electron chi connectivity index (χ1n) is 5.01. The van der Waals surface area contributed by atoms with Gasteiger partial charge >= 0.3 is 6.43 Å². The lowest BCUT2D eigenvalue weighted by molar-refractivity contribution is 0.0678. The summed E-state index contributed by atoms with van der Waals surface area (Å²) in [7, 11) is 0. The molecule has 0 atom stereocenters. The van der Waals surface area contributed by atoms with Gasteiger partial charge in [-0.15, -0.1) is 0 Å². The first-order chi connectivity index (χ1) is 8.09. The fraction of sp³-hybridized carbons (Fsp3) is 0.364. The van der Waals surface area contributed by atoms with E-state index in [-0.39, 0.29) is 16.3 Å². The number of hydrogen-bond acceptors (Lipinski definition) is 3. The molecule has 6 heteroatoms. The van der Waals surface area contributed by atoms with Gasteiger partial charge in [0.05, 0.1) is 18.2 Å². The van der Waals surface area contributed by atoms with Crippen LogP contribution in [0.15, 0.2) is 12.1 Å². The number of rotatable bonds is 2. The summed E-state index contributed by atoms with van der Waals surface area (Å²) in [6.45, 7) is 0.877. The van der Waals surface area contributed by atoms with Crippen molar-refractivity contribution >= 4 is 17.4 Å². The Kier molecular flexibility index (Phi) is 3.47. The van der Waals surface area contributed by atoms with Gasteiger partial charge in [0.25, 0.3) is 0 Å². The van der Waals surface area contributed by atoms with E-state index in [9.17, 15) is 13.6 Å². The van der Waals surface area contributed by atoms with Crippen LogP contribution in [-0.2, 0) is 0 Å². The smallest absolute Gasteiger partial charge is 0.300 e. The minimum atomic E-state index is -3.09. The summed E-state index contributed by atoms with van der Waals surface area (Å²) < 4.78 is 35.3. The highest BCUT2D eigenvalue weighted by molar-refractivity contribution is 6.34. The van der Waals surface area contributed by atoms with Gasteiger partial charge in [0.1, 0.15) is 0 Å². The molecule has 2 rings (SSSR count). The van der Waals surface area contributed by atoms with E-state index in [4.69, 9.17) is 21.1 Å². The van der Waals surface area contributed by atoms with E-state index in [1.165, 1.54) is 12.1 Å². The van der Waals surface area contributed by atoms with Crippen molar-refractivity contribution in [3.63, 3.8) is 0 Å². The minimum absolute atomic E-state index is 0.0560. The van der Waals surface area contributed by atoms with Gasteiger partial charge < -0.3 is 9.47 Å². The van der Waals surface area contributed by atoms with Crippen LogP contribution < -0.4 is 9.47 Å². The number of halogens is 3. The molecule has 0 radical (unpaired) electrons. The third kappa shape index (κ3) is 2.49. The molecule has 17 heavy (non-hydrogen) atoms. The van der Waals surface area contributed by atoms with Crippen LogP contribution in [-0.4, -0.2) is 25.4 Å². The summed E-state index contributed by atoms with van der Waals surface area (Å²) in [5, 5.41) is -0.0560. The molecule has 0 aromatic heterocycles. The van der Waals surface area contributed by atoms with Crippen molar-refractivity contribution in [1.29, 1.82) is 0 Å². The Morgan fingerprint density at radius 1 is 1.24 bits per heavy atom. The molecule has 1 heterocycles. The lowest BCUT2D eigenvalue weighted by Crippen LogP contribution is -2.11. The summed E-state index contributed by atoms with van der Waals surface area (Å²) in [5.41, 5.74) is -0.245. The number of carbonyl (C=O) groups is 1. The zero-order valence-corrected chi connectivity index (χ0v) is 9.47. The maximum atomic E-state index is 12.3. The lowest BCUT2D eigenvalue weighted by atomic mass is 10.1. The third-order valence-electron chi connectivity index (χ3n) is 2.30. The Morgan fingerprint density at radius 3 is 2.41 bits per heavy atom. The van der Waals surface area contributed by atoms with Crippen molar-refractivity contribution in [3.05, 3.63) is 22.7 Å². The normalized spacial score (nSPS) is 14.6. The maximum Gasteiger partial charge on any atom is 0.300 e. The van der Waals surface area contributed by atoms with Crippen molar-refractivity contribution in [2.75, 3.05) is 13.2 Å². The standard InChI is InChI=1S/C11H9ClF2O3/c12-7-5-9-8(16-2-1-3-17-9)4-6(7)10(15)11(13)14/h4-5,11H,1-3H2. The zero-order valence-electron chi connectivity index (χ0n) is 8.71. The average molecular weight is 263 g/mol. The van der Waals surface area contributed by atoms with Crippen LogP contribution in [0.4, 0.5) is 8.78 Å². The summed E-state index contributed by atoms with van der Waals surface area (Å²) >= 11 is 5.76. The van der Waals surface area contributed by atoms with Crippen LogP contribution >= 0.6 is 11.6 Å². The molecule has 0 saturated carbocycles. The van der Waals surface area contributed by atoms with Crippen molar-refractivity contribution in [1.82, 2.24) is 0 Å². The molecule has 0 aliphatic carbocycles. The summed E-state index contributed by atoms with van der Waals surface area (Å²) in [6, 6.07) is 2.54. The van der Waals surface area contributed by atoms with Gasteiger partial charge in [0.15, 0.2) is 11.5 Å². The summed E-state index contributed by atoms with van der Waals surface area (Å²) in [4.78, 5) is 11.2. The maximum absolute atomic E-state index is 12.3. The van der Waals surface area contributed by atoms with E-state index < -0.39 is 12.2 Å². The molecule has 0 amide bonds. The molecule has 0 N–H and O–H groups in total. The number of Topliss-reactive ketones (excluding diaryl/α,β-unsaturated/α-hetero) is 1. The van der Waals surface area contributed by atoms with Crippen molar-refractivity contribution in [3.8, 4) is 11.5 Å². The van der Waals surface area contributed by atoms with Gasteiger partial charge in [-0.25, -0.2) is 8.78 Å². The number of ether oxygens (including phenoxy) is 2. The quantitative estimate of drug-likeness (QED) is 0.769. The largest absolute Gasteiger partial charge is 0.490 e. The van der Waals surface area contributed by atoms with E-state index in [0.717, 1.165) is 0 Å². The van der Waals surface area contributed by atoms with Crippen LogP contribution in [0, 0.1) is 0 Å². The molecular weight excluding hydrogens is 254 g/mol. The number of hydrogen-bond donors (Lipinski definition) is 0. The summed E-state index contributed by atoms with van der Waals surface area (Å²) in [6.07, 6.45) is -2.40. The van der Waals surface area contributed by atoms with E-state index in [2.05, 4.69) is 0 Å². The van der Waals surface area contributed by atoms with Gasteiger partial charge in [-0.3, -0.25) is 4.79 Å². The summed E-state index contributed by atoms with van der Waals surface area (Å²) in [5.74, 6) is -0.667. The second-order valence-corrected chi connectivity index (χ2v) is 3.90. The average Bonchev–Trinajstić information content (AvgIpc) is 2.51. The van der Waals surface area contributed by atoms with Gasteiger partial charge in [-0.1, -0.05) is 11.6 Å². The van der Waals surface area contributed by atoms with Gasteiger partial charge in [-0.05, 0) is 6.07 Å². The second kappa shape index (κ2) is 4.87. The fourth-order valence-electron chi connectivity index (χ4n) is 1.49. The molecule has 0 spiro atoms. The van der Waals surface area contributed by atoms with E-state index in [1.807, 2.05) is 0 Å². The number of benzene rings is 1. The molecule has 0 unspecified atom stereocenters. The monoisotopic (exact) mass is 262 g/mol. The number of fused-ring (bicyclic) bond motifs is 1. The molecule has 1 aliphatic heterocycles. The first-order valence-corrected chi connectivity index (χ1v) is 5.39. The lowest BCUT2D eigenvalue weighted by Gasteiger charge is -2.10. The zero-order chi connectivity index (χ0) is 12.4. The molecular formula is C11H9ClF2O3. The Bertz CT molecular complexity index is 449. The molecule has 1 aromatic carbocycles. The van der Waals surface area contributed by atoms with Crippen molar-refractivity contribution < 1.29 is 23.0 Å². The Balaban J connectivity index is 2.42. The molecule has 1 aliphatic rings. The number of carbonyl (C=O) groups excluding carboxylic acids is 1. The van der Waals surface area contributed by atoms with Crippen LogP contribution in [0.25, 0.3) is 0 Å². The van der Waals surface area contributed by atoms with Crippen LogP contribution in [0.5, 0.6) is 11.5 Å². The molecule has 3 nitrogen and oxygen atoms in total. The minimum Gasteiger partial charge on any atom is -0.490 e. The Hall–Kier alpha value is -1.36. The van der Waals surface area contributed by atoms with E-state index in [1.54, 1.807) is 0 Å². The SMILES string of the molecule is O=C(c1cc2c(cc1Cl)OCCCO2)C(F)F. The predicted octanol–water partition coefficient (Wildman–Crippen LogP) is 2.95. The highest BCUT2D eigenvalue weighted by Crippen LogP contribution is 2.35. The Morgan fingerprint density at radius 2 is 1.82 bits per heavy atom. The second-order valence-electron chi connectivity index (χ2n) is 3.49. The predicted molar refractivity (Wildman–Crippen MR) is 57.4 cm³/mol. The van der Waals surface area contributed by atoms with Crippen molar-refractivity contribution in [2.45, 2.75) is 12.8 Å². The van der Waals surface area contributed by atoms with Gasteiger partial charge in [0.2, 0.25) is 5.78 Å². The molecule has 92 valence electrons. The molecule has 0 bridgehead atoms. The molecule has 1 aromatic rings. The highest BCUT2D eigenvalue weighted by atomic mass is 35.5. The van der Waals surface area contributed by atoms with E-state index in [0.29, 0.717) is 25.4 Å². The van der Waals surface area contributed by atoms with Gasteiger partial charge in [-0.2, -0.15) is 0 Å². The third-order valence-corrected chi connectivity index (χ3v) is 2.61. The fourth-order valence-corrected chi connectivity index (χ4v) is 1.74. The highest BCUT2D eigenvalue weighted by Gasteiger charge is 2.23. The van der Waals surface area contributed by atoms with E-state index >= 15 is 0 Å². The number of alkyl halides is 2. The van der Waals surface area contributed by atoms with Crippen molar-refractivity contribution in [2.24, 2.45) is 0 Å². The first kappa shape index (κ1) is 12.1. The van der Waals surface area contributed by atoms with Gasteiger partial charge in [0, 0.05) is 18.1 Å².